The van der Waals surface area contributed by atoms with Crippen LogP contribution in [0.5, 0.6) is 0 Å². The van der Waals surface area contributed by atoms with E-state index >= 15 is 0 Å². The van der Waals surface area contributed by atoms with Crippen molar-refractivity contribution in [3.05, 3.63) is 11.7 Å². The molecule has 5 rings (SSSR count). The standard InChI is InChI=1S/C14H23N5O/c15-8-10-2-1-3-11(10)14-16-13(17-20-14)12-9-18-4-6-19(12)7-5-18/h10-12H,1-9,15H2. The quantitative estimate of drug-likeness (QED) is 0.871. The lowest BCUT2D eigenvalue weighted by molar-refractivity contribution is 0.00781. The van der Waals surface area contributed by atoms with Gasteiger partial charge in [-0.25, -0.2) is 0 Å². The van der Waals surface area contributed by atoms with Crippen LogP contribution in [-0.4, -0.2) is 59.2 Å². The fourth-order valence-electron chi connectivity index (χ4n) is 4.04. The maximum atomic E-state index is 5.86. The Morgan fingerprint density at radius 1 is 1.20 bits per heavy atom. The minimum Gasteiger partial charge on any atom is -0.339 e. The van der Waals surface area contributed by atoms with E-state index in [2.05, 4.69) is 15.0 Å². The smallest absolute Gasteiger partial charge is 0.230 e. The average molecular weight is 277 g/mol. The number of rotatable bonds is 3. The summed E-state index contributed by atoms with van der Waals surface area (Å²) in [5, 5.41) is 4.28. The molecule has 4 aliphatic rings. The summed E-state index contributed by atoms with van der Waals surface area (Å²) in [6.45, 7) is 6.39. The average Bonchev–Trinajstić information content (AvgIpc) is 3.17. The van der Waals surface area contributed by atoms with E-state index in [0.29, 0.717) is 17.9 Å². The fraction of sp³-hybridized carbons (Fsp3) is 0.857. The van der Waals surface area contributed by atoms with E-state index in [1.165, 1.54) is 25.9 Å². The third kappa shape index (κ3) is 2.06. The third-order valence-electron chi connectivity index (χ3n) is 5.31. The molecule has 20 heavy (non-hydrogen) atoms. The van der Waals surface area contributed by atoms with Gasteiger partial charge in [-0.3, -0.25) is 9.80 Å². The number of nitrogens with zero attached hydrogens (tertiary/aromatic N) is 4. The van der Waals surface area contributed by atoms with Crippen LogP contribution in [-0.2, 0) is 0 Å². The minimum absolute atomic E-state index is 0.327. The summed E-state index contributed by atoms with van der Waals surface area (Å²) in [6, 6.07) is 0.327. The van der Waals surface area contributed by atoms with E-state index in [1.807, 2.05) is 0 Å². The van der Waals surface area contributed by atoms with Gasteiger partial charge in [0.05, 0.1) is 6.04 Å². The highest BCUT2D eigenvalue weighted by Gasteiger charge is 2.37. The molecule has 6 nitrogen and oxygen atoms in total. The first kappa shape index (κ1) is 12.7. The van der Waals surface area contributed by atoms with Crippen LogP contribution >= 0.6 is 0 Å². The first-order valence-electron chi connectivity index (χ1n) is 7.85. The number of hydrogen-bond donors (Lipinski definition) is 1. The molecule has 3 unspecified atom stereocenters. The summed E-state index contributed by atoms with van der Waals surface area (Å²) in [5.41, 5.74) is 5.86. The number of piperazine rings is 3. The Labute approximate surface area is 119 Å². The molecule has 110 valence electrons. The van der Waals surface area contributed by atoms with Crippen molar-refractivity contribution in [3.63, 3.8) is 0 Å². The monoisotopic (exact) mass is 277 g/mol. The molecule has 2 N–H and O–H groups in total. The first-order valence-corrected chi connectivity index (χ1v) is 7.85. The van der Waals surface area contributed by atoms with Crippen molar-refractivity contribution in [1.82, 2.24) is 19.9 Å². The van der Waals surface area contributed by atoms with Crippen LogP contribution in [0.3, 0.4) is 0 Å². The Morgan fingerprint density at radius 3 is 2.75 bits per heavy atom. The summed E-state index contributed by atoms with van der Waals surface area (Å²) < 4.78 is 5.58. The minimum atomic E-state index is 0.327. The van der Waals surface area contributed by atoms with Crippen LogP contribution in [0.1, 0.15) is 42.9 Å². The Balaban J connectivity index is 1.53. The molecule has 6 heteroatoms. The third-order valence-corrected chi connectivity index (χ3v) is 5.31. The van der Waals surface area contributed by atoms with Crippen molar-refractivity contribution < 1.29 is 4.52 Å². The zero-order chi connectivity index (χ0) is 13.5. The zero-order valence-corrected chi connectivity index (χ0v) is 11.9. The number of hydrogen-bond acceptors (Lipinski definition) is 6. The Bertz CT molecular complexity index is 468. The lowest BCUT2D eigenvalue weighted by Crippen LogP contribution is -2.57. The van der Waals surface area contributed by atoms with Gasteiger partial charge in [0.15, 0.2) is 5.82 Å². The molecule has 0 radical (unpaired) electrons. The second-order valence-electron chi connectivity index (χ2n) is 6.38. The van der Waals surface area contributed by atoms with E-state index in [0.717, 1.165) is 44.3 Å². The topological polar surface area (TPSA) is 71.4 Å². The molecule has 0 aromatic carbocycles. The molecule has 4 heterocycles. The molecular formula is C14H23N5O. The van der Waals surface area contributed by atoms with Gasteiger partial charge in [-0.2, -0.15) is 4.98 Å². The van der Waals surface area contributed by atoms with Gasteiger partial charge in [0.1, 0.15) is 0 Å². The van der Waals surface area contributed by atoms with Gasteiger partial charge in [0, 0.05) is 38.6 Å². The predicted molar refractivity (Wildman–Crippen MR) is 74.2 cm³/mol. The molecule has 1 aliphatic carbocycles. The van der Waals surface area contributed by atoms with Crippen LogP contribution in [0.25, 0.3) is 0 Å². The van der Waals surface area contributed by atoms with Gasteiger partial charge in [-0.15, -0.1) is 0 Å². The second-order valence-corrected chi connectivity index (χ2v) is 6.38. The number of aromatic nitrogens is 2. The number of fused-ring (bicyclic) bond motifs is 3. The van der Waals surface area contributed by atoms with Crippen molar-refractivity contribution in [3.8, 4) is 0 Å². The normalized spacial score (nSPS) is 40.4. The highest BCUT2D eigenvalue weighted by Crippen LogP contribution is 2.39. The van der Waals surface area contributed by atoms with Gasteiger partial charge in [-0.05, 0) is 25.3 Å². The molecule has 3 aliphatic heterocycles. The van der Waals surface area contributed by atoms with Gasteiger partial charge in [-0.1, -0.05) is 11.6 Å². The Hall–Kier alpha value is -0.980. The Kier molecular flexibility index (Phi) is 3.24. The maximum Gasteiger partial charge on any atom is 0.230 e. The Morgan fingerprint density at radius 2 is 2.05 bits per heavy atom. The van der Waals surface area contributed by atoms with Crippen molar-refractivity contribution in [1.29, 1.82) is 0 Å². The summed E-state index contributed by atoms with van der Waals surface area (Å²) in [7, 11) is 0. The molecule has 2 bridgehead atoms. The van der Waals surface area contributed by atoms with E-state index in [-0.39, 0.29) is 0 Å². The van der Waals surface area contributed by atoms with Gasteiger partial charge in [0.25, 0.3) is 0 Å². The molecule has 1 aromatic rings. The van der Waals surface area contributed by atoms with E-state index in [4.69, 9.17) is 15.2 Å². The predicted octanol–water partition coefficient (Wildman–Crippen LogP) is 0.584. The van der Waals surface area contributed by atoms with E-state index in [1.54, 1.807) is 0 Å². The highest BCUT2D eigenvalue weighted by atomic mass is 16.5. The molecule has 3 saturated heterocycles. The lowest BCUT2D eigenvalue weighted by Gasteiger charge is -2.46. The summed E-state index contributed by atoms with van der Waals surface area (Å²) in [6.07, 6.45) is 3.57. The van der Waals surface area contributed by atoms with Crippen LogP contribution in [0.4, 0.5) is 0 Å². The van der Waals surface area contributed by atoms with Crippen LogP contribution in [0.15, 0.2) is 4.52 Å². The van der Waals surface area contributed by atoms with Crippen molar-refractivity contribution >= 4 is 0 Å². The maximum absolute atomic E-state index is 5.86. The SMILES string of the molecule is NCC1CCCC1c1nc(C2CN3CCN2CC3)no1. The van der Waals surface area contributed by atoms with Crippen molar-refractivity contribution in [2.24, 2.45) is 11.7 Å². The summed E-state index contributed by atoms with van der Waals surface area (Å²) in [4.78, 5) is 9.72. The molecule has 4 fully saturated rings. The highest BCUT2D eigenvalue weighted by molar-refractivity contribution is 5.05. The fourth-order valence-corrected chi connectivity index (χ4v) is 4.04. The van der Waals surface area contributed by atoms with Crippen molar-refractivity contribution in [2.75, 3.05) is 39.3 Å². The van der Waals surface area contributed by atoms with Gasteiger partial charge >= 0.3 is 0 Å². The molecule has 1 aromatic heterocycles. The van der Waals surface area contributed by atoms with Gasteiger partial charge in [0.2, 0.25) is 5.89 Å². The largest absolute Gasteiger partial charge is 0.339 e. The lowest BCUT2D eigenvalue weighted by atomic mass is 9.96. The second kappa shape index (κ2) is 5.09. The first-order chi connectivity index (χ1) is 9.85. The summed E-state index contributed by atoms with van der Waals surface area (Å²) in [5.74, 6) is 2.62. The van der Waals surface area contributed by atoms with E-state index < -0.39 is 0 Å². The zero-order valence-electron chi connectivity index (χ0n) is 11.9. The van der Waals surface area contributed by atoms with Crippen LogP contribution < -0.4 is 5.73 Å². The van der Waals surface area contributed by atoms with Gasteiger partial charge < -0.3 is 10.3 Å². The summed E-state index contributed by atoms with van der Waals surface area (Å²) >= 11 is 0. The van der Waals surface area contributed by atoms with Crippen LogP contribution in [0, 0.1) is 5.92 Å². The van der Waals surface area contributed by atoms with Crippen molar-refractivity contribution in [2.45, 2.75) is 31.2 Å². The molecule has 0 spiro atoms. The number of nitrogens with two attached hydrogens (primary N) is 1. The molecule has 3 atom stereocenters. The molecular weight excluding hydrogens is 254 g/mol. The van der Waals surface area contributed by atoms with E-state index in [9.17, 15) is 0 Å². The molecule has 0 amide bonds. The molecule has 1 saturated carbocycles. The van der Waals surface area contributed by atoms with Crippen LogP contribution in [0.2, 0.25) is 0 Å².